The smallest absolute Gasteiger partial charge is 0.292 e. The van der Waals surface area contributed by atoms with Crippen molar-refractivity contribution in [1.29, 1.82) is 0 Å². The lowest BCUT2D eigenvalue weighted by Gasteiger charge is -1.99. The maximum Gasteiger partial charge on any atom is 0.292 e. The maximum atomic E-state index is 10.4. The Morgan fingerprint density at radius 3 is 2.67 bits per heavy atom. The lowest BCUT2D eigenvalue weighted by molar-refractivity contribution is -0.384. The minimum absolute atomic E-state index is 0.0852. The summed E-state index contributed by atoms with van der Waals surface area (Å²) in [6.07, 6.45) is 0. The molecule has 5 heteroatoms. The molecule has 1 aromatic carbocycles. The van der Waals surface area contributed by atoms with E-state index in [1.165, 1.54) is 12.1 Å². The van der Waals surface area contributed by atoms with Gasteiger partial charge in [0.05, 0.1) is 4.92 Å². The minimum Gasteiger partial charge on any atom is -0.393 e. The van der Waals surface area contributed by atoms with Gasteiger partial charge in [-0.25, -0.2) is 0 Å². The van der Waals surface area contributed by atoms with Crippen LogP contribution in [0.5, 0.6) is 0 Å². The molecule has 0 aromatic heterocycles. The second-order valence-corrected chi connectivity index (χ2v) is 2.35. The Kier molecular flexibility index (Phi) is 2.25. The SMILES string of the molecule is NCc1ccc(N)c([N+](=O)[O-])c1. The molecule has 0 fully saturated rings. The highest BCUT2D eigenvalue weighted by atomic mass is 16.6. The van der Waals surface area contributed by atoms with Gasteiger partial charge in [0.15, 0.2) is 0 Å². The molecule has 4 N–H and O–H groups in total. The number of benzene rings is 1. The van der Waals surface area contributed by atoms with E-state index in [2.05, 4.69) is 0 Å². The standard InChI is InChI=1S/C7H9N3O2/c8-4-5-1-2-6(9)7(3-5)10(11)12/h1-3H,4,8-9H2. The molecule has 0 bridgehead atoms. The van der Waals surface area contributed by atoms with Gasteiger partial charge in [0, 0.05) is 12.6 Å². The van der Waals surface area contributed by atoms with Gasteiger partial charge in [-0.15, -0.1) is 0 Å². The lowest BCUT2D eigenvalue weighted by atomic mass is 10.2. The van der Waals surface area contributed by atoms with Gasteiger partial charge in [-0.3, -0.25) is 10.1 Å². The molecule has 0 heterocycles. The number of nitro benzene ring substituents is 1. The number of nitrogen functional groups attached to an aromatic ring is 1. The van der Waals surface area contributed by atoms with Crippen LogP contribution in [0, 0.1) is 10.1 Å². The molecule has 0 radical (unpaired) electrons. The van der Waals surface area contributed by atoms with Gasteiger partial charge < -0.3 is 11.5 Å². The molecule has 0 aliphatic rings. The Morgan fingerprint density at radius 2 is 2.17 bits per heavy atom. The average molecular weight is 167 g/mol. The van der Waals surface area contributed by atoms with E-state index in [0.29, 0.717) is 5.56 Å². The summed E-state index contributed by atoms with van der Waals surface area (Å²) in [5.41, 5.74) is 11.5. The van der Waals surface area contributed by atoms with Crippen molar-refractivity contribution < 1.29 is 4.92 Å². The average Bonchev–Trinajstić information content (AvgIpc) is 2.05. The van der Waals surface area contributed by atoms with Gasteiger partial charge in [-0.05, 0) is 11.6 Å². The van der Waals surface area contributed by atoms with Crippen molar-refractivity contribution in [1.82, 2.24) is 0 Å². The Labute approximate surface area is 69.1 Å². The van der Waals surface area contributed by atoms with E-state index in [1.807, 2.05) is 0 Å². The van der Waals surface area contributed by atoms with Gasteiger partial charge in [0.1, 0.15) is 5.69 Å². The molecule has 64 valence electrons. The van der Waals surface area contributed by atoms with Crippen molar-refractivity contribution in [2.75, 3.05) is 5.73 Å². The van der Waals surface area contributed by atoms with Crippen LogP contribution in [0.15, 0.2) is 18.2 Å². The normalized spacial score (nSPS) is 9.75. The largest absolute Gasteiger partial charge is 0.393 e. The number of rotatable bonds is 2. The summed E-state index contributed by atoms with van der Waals surface area (Å²) in [4.78, 5) is 9.86. The Balaban J connectivity index is 3.17. The Hall–Kier alpha value is -1.62. The first-order valence-corrected chi connectivity index (χ1v) is 3.38. The zero-order valence-electron chi connectivity index (χ0n) is 6.36. The van der Waals surface area contributed by atoms with Crippen molar-refractivity contribution in [3.05, 3.63) is 33.9 Å². The van der Waals surface area contributed by atoms with Crippen LogP contribution >= 0.6 is 0 Å². The Morgan fingerprint density at radius 1 is 1.50 bits per heavy atom. The van der Waals surface area contributed by atoms with Gasteiger partial charge >= 0.3 is 0 Å². The molecule has 0 atom stereocenters. The molecule has 0 spiro atoms. The molecule has 5 nitrogen and oxygen atoms in total. The minimum atomic E-state index is -0.519. The van der Waals surface area contributed by atoms with Crippen molar-refractivity contribution in [2.45, 2.75) is 6.54 Å². The Bertz CT molecular complexity index is 312. The second-order valence-electron chi connectivity index (χ2n) is 2.35. The molecule has 0 amide bonds. The van der Waals surface area contributed by atoms with E-state index in [1.54, 1.807) is 6.07 Å². The van der Waals surface area contributed by atoms with Crippen LogP contribution in [0.1, 0.15) is 5.56 Å². The lowest BCUT2D eigenvalue weighted by Crippen LogP contribution is -2.00. The van der Waals surface area contributed by atoms with Crippen molar-refractivity contribution >= 4 is 11.4 Å². The topological polar surface area (TPSA) is 95.2 Å². The molecule has 1 rings (SSSR count). The van der Waals surface area contributed by atoms with Gasteiger partial charge in [0.25, 0.3) is 5.69 Å². The summed E-state index contributed by atoms with van der Waals surface area (Å²) in [5.74, 6) is 0. The number of nitrogens with zero attached hydrogens (tertiary/aromatic N) is 1. The van der Waals surface area contributed by atoms with E-state index < -0.39 is 4.92 Å². The summed E-state index contributed by atoms with van der Waals surface area (Å²) in [6.45, 7) is 0.279. The fourth-order valence-corrected chi connectivity index (χ4v) is 0.874. The van der Waals surface area contributed by atoms with E-state index in [4.69, 9.17) is 11.5 Å². The van der Waals surface area contributed by atoms with E-state index >= 15 is 0 Å². The molecule has 1 aromatic rings. The van der Waals surface area contributed by atoms with Crippen LogP contribution < -0.4 is 11.5 Å². The number of nitrogens with two attached hydrogens (primary N) is 2. The predicted octanol–water partition coefficient (Wildman–Crippen LogP) is 0.636. The molecule has 0 unspecified atom stereocenters. The molecule has 0 saturated carbocycles. The molecule has 12 heavy (non-hydrogen) atoms. The molecule has 0 saturated heterocycles. The summed E-state index contributed by atoms with van der Waals surface area (Å²) in [6, 6.07) is 4.54. The van der Waals surface area contributed by atoms with Gasteiger partial charge in [-0.2, -0.15) is 0 Å². The second kappa shape index (κ2) is 3.19. The first-order chi connectivity index (χ1) is 5.65. The monoisotopic (exact) mass is 167 g/mol. The number of nitro groups is 1. The summed E-state index contributed by atoms with van der Waals surface area (Å²) in [7, 11) is 0. The van der Waals surface area contributed by atoms with Crippen molar-refractivity contribution in [3.8, 4) is 0 Å². The molecule has 0 aliphatic heterocycles. The highest BCUT2D eigenvalue weighted by Gasteiger charge is 2.10. The van der Waals surface area contributed by atoms with Crippen LogP contribution in [0.25, 0.3) is 0 Å². The number of hydrogen-bond donors (Lipinski definition) is 2. The van der Waals surface area contributed by atoms with Gasteiger partial charge in [0.2, 0.25) is 0 Å². The third-order valence-corrected chi connectivity index (χ3v) is 1.53. The van der Waals surface area contributed by atoms with E-state index in [0.717, 1.165) is 0 Å². The van der Waals surface area contributed by atoms with Crippen LogP contribution in [-0.2, 0) is 6.54 Å². The summed E-state index contributed by atoms with van der Waals surface area (Å²) in [5, 5.41) is 10.4. The van der Waals surface area contributed by atoms with Crippen molar-refractivity contribution in [2.24, 2.45) is 5.73 Å². The first kappa shape index (κ1) is 8.48. The van der Waals surface area contributed by atoms with Gasteiger partial charge in [-0.1, -0.05) is 6.07 Å². The van der Waals surface area contributed by atoms with Crippen molar-refractivity contribution in [3.63, 3.8) is 0 Å². The molecular formula is C7H9N3O2. The van der Waals surface area contributed by atoms with E-state index in [-0.39, 0.29) is 17.9 Å². The third kappa shape index (κ3) is 1.51. The fourth-order valence-electron chi connectivity index (χ4n) is 0.874. The highest BCUT2D eigenvalue weighted by Crippen LogP contribution is 2.21. The molecular weight excluding hydrogens is 158 g/mol. The molecule has 0 aliphatic carbocycles. The fraction of sp³-hybridized carbons (Fsp3) is 0.143. The third-order valence-electron chi connectivity index (χ3n) is 1.53. The van der Waals surface area contributed by atoms with E-state index in [9.17, 15) is 10.1 Å². The predicted molar refractivity (Wildman–Crippen MR) is 45.4 cm³/mol. The zero-order valence-corrected chi connectivity index (χ0v) is 6.36. The highest BCUT2D eigenvalue weighted by molar-refractivity contribution is 5.59. The van der Waals surface area contributed by atoms with Crippen LogP contribution in [0.3, 0.4) is 0 Å². The quantitative estimate of drug-likeness (QED) is 0.383. The summed E-state index contributed by atoms with van der Waals surface area (Å²) >= 11 is 0. The summed E-state index contributed by atoms with van der Waals surface area (Å²) < 4.78 is 0. The van der Waals surface area contributed by atoms with Crippen LogP contribution in [0.2, 0.25) is 0 Å². The first-order valence-electron chi connectivity index (χ1n) is 3.38. The van der Waals surface area contributed by atoms with Crippen LogP contribution in [0.4, 0.5) is 11.4 Å². The zero-order chi connectivity index (χ0) is 9.14. The number of anilines is 1. The van der Waals surface area contributed by atoms with Crippen LogP contribution in [-0.4, -0.2) is 4.92 Å². The number of hydrogen-bond acceptors (Lipinski definition) is 4. The maximum absolute atomic E-state index is 10.4.